The maximum Gasteiger partial charge on any atom is 0.287 e. The molecule has 3 atom stereocenters. The van der Waals surface area contributed by atoms with Gasteiger partial charge >= 0.3 is 0 Å². The van der Waals surface area contributed by atoms with E-state index in [0.717, 1.165) is 44.9 Å². The number of hydrogen-bond donors (Lipinski definition) is 4. The first-order valence-corrected chi connectivity index (χ1v) is 14.7. The summed E-state index contributed by atoms with van der Waals surface area (Å²) in [5.41, 5.74) is 9.70. The van der Waals surface area contributed by atoms with E-state index in [9.17, 15) is 24.3 Å². The van der Waals surface area contributed by atoms with E-state index in [-0.39, 0.29) is 36.7 Å². The van der Waals surface area contributed by atoms with Crippen LogP contribution in [-0.2, 0) is 24.8 Å². The number of nitrogens with one attached hydrogen (secondary N) is 1. The van der Waals surface area contributed by atoms with Crippen LogP contribution >= 0.6 is 12.4 Å². The van der Waals surface area contributed by atoms with Gasteiger partial charge in [0, 0.05) is 13.0 Å². The average molecular weight is 594 g/mol. The highest BCUT2D eigenvalue weighted by Gasteiger charge is 2.63. The number of hydrogen-bond acceptors (Lipinski definition) is 8. The number of primary amides is 1. The maximum atomic E-state index is 13.9. The fraction of sp³-hybridized carbons (Fsp3) is 0.786. The molecule has 3 amide bonds. The van der Waals surface area contributed by atoms with Crippen LogP contribution in [0.5, 0.6) is 0 Å². The van der Waals surface area contributed by atoms with Gasteiger partial charge in [-0.3, -0.25) is 19.2 Å². The molecule has 0 bridgehead atoms. The van der Waals surface area contributed by atoms with Crippen molar-refractivity contribution >= 4 is 35.9 Å². The van der Waals surface area contributed by atoms with Crippen LogP contribution in [0.2, 0.25) is 0 Å². The highest BCUT2D eigenvalue weighted by Crippen LogP contribution is 2.60. The summed E-state index contributed by atoms with van der Waals surface area (Å²) in [6, 6.07) is -2.12. The molecule has 4 fully saturated rings. The Labute approximate surface area is 246 Å². The number of nitrogens with two attached hydrogens (primary N) is 2. The summed E-state index contributed by atoms with van der Waals surface area (Å²) in [5.74, 6) is -2.31. The molecule has 1 unspecified atom stereocenters. The van der Waals surface area contributed by atoms with Crippen LogP contribution in [0.15, 0.2) is 6.20 Å². The molecule has 1 aromatic rings. The lowest BCUT2D eigenvalue weighted by Crippen LogP contribution is -2.71. The molecule has 41 heavy (non-hydrogen) atoms. The first-order chi connectivity index (χ1) is 18.8. The van der Waals surface area contributed by atoms with Gasteiger partial charge in [-0.2, -0.15) is 0 Å². The molecule has 5 rings (SSSR count). The number of aromatic nitrogens is 3. The summed E-state index contributed by atoms with van der Waals surface area (Å²) in [6.45, 7) is 3.40. The Morgan fingerprint density at radius 3 is 2.37 bits per heavy atom. The monoisotopic (exact) mass is 593 g/mol. The van der Waals surface area contributed by atoms with E-state index < -0.39 is 46.9 Å². The molecule has 2 heterocycles. The zero-order valence-electron chi connectivity index (χ0n) is 24.0. The number of rotatable bonds is 9. The van der Waals surface area contributed by atoms with Gasteiger partial charge in [0.25, 0.3) is 5.91 Å². The fourth-order valence-corrected chi connectivity index (χ4v) is 7.65. The quantitative estimate of drug-likeness (QED) is 0.308. The number of likely N-dealkylation sites (tertiary alicyclic amines) is 1. The molecule has 4 aliphatic rings. The lowest BCUT2D eigenvalue weighted by molar-refractivity contribution is -0.156. The Kier molecular flexibility index (Phi) is 8.88. The highest BCUT2D eigenvalue weighted by molar-refractivity contribution is 6.39. The van der Waals surface area contributed by atoms with E-state index in [2.05, 4.69) is 15.6 Å². The number of Topliss-reactive ketones (excluding diaryl/α,β-unsaturated/α-hetero) is 1. The van der Waals surface area contributed by atoms with Crippen LogP contribution in [0.3, 0.4) is 0 Å². The molecule has 0 radical (unpaired) electrons. The minimum absolute atomic E-state index is 0. The van der Waals surface area contributed by atoms with Crippen LogP contribution in [0, 0.1) is 11.3 Å². The highest BCUT2D eigenvalue weighted by atomic mass is 35.5. The minimum atomic E-state index is -1.34. The first kappa shape index (κ1) is 31.4. The van der Waals surface area contributed by atoms with Gasteiger partial charge in [0.1, 0.15) is 17.2 Å². The number of halogens is 1. The Bertz CT molecular complexity index is 1160. The second-order valence-corrected chi connectivity index (χ2v) is 13.3. The standard InChI is InChI=1S/C28H43N7O5.ClH/c1-26(2,40)21-13-31-33-35(21)18-12-20(34(14-18)25(39)19(29)11-17-7-4-3-5-8-17)24(38)32-28(22(36)23(30)37)15-27(16-28)9-6-10-27;/h13,17-20,40H,3-12,14-16,29H2,1-2H3,(H2,30,37)(H,32,38);1H/t18-,19?,20-;/m0./s1. The van der Waals surface area contributed by atoms with Crippen molar-refractivity contribution in [2.75, 3.05) is 6.54 Å². The Hall–Kier alpha value is -2.57. The molecule has 0 aromatic carbocycles. The van der Waals surface area contributed by atoms with Gasteiger partial charge < -0.3 is 26.8 Å². The topological polar surface area (TPSA) is 187 Å². The molecule has 228 valence electrons. The zero-order chi connectivity index (χ0) is 28.9. The molecule has 13 heteroatoms. The van der Waals surface area contributed by atoms with Crippen molar-refractivity contribution in [1.82, 2.24) is 25.2 Å². The molecular weight excluding hydrogens is 550 g/mol. The van der Waals surface area contributed by atoms with Gasteiger partial charge in [-0.15, -0.1) is 17.5 Å². The summed E-state index contributed by atoms with van der Waals surface area (Å²) < 4.78 is 1.57. The normalized spacial score (nSPS) is 25.9. The van der Waals surface area contributed by atoms with E-state index in [1.807, 2.05) is 0 Å². The van der Waals surface area contributed by atoms with E-state index in [4.69, 9.17) is 11.5 Å². The maximum absolute atomic E-state index is 13.9. The van der Waals surface area contributed by atoms with Crippen LogP contribution in [0.1, 0.15) is 103 Å². The van der Waals surface area contributed by atoms with Crippen molar-refractivity contribution in [3.05, 3.63) is 11.9 Å². The van der Waals surface area contributed by atoms with Gasteiger partial charge in [-0.25, -0.2) is 4.68 Å². The van der Waals surface area contributed by atoms with Gasteiger partial charge in [0.05, 0.1) is 24.0 Å². The number of nitrogens with zero attached hydrogens (tertiary/aromatic N) is 4. The Morgan fingerprint density at radius 1 is 1.15 bits per heavy atom. The van der Waals surface area contributed by atoms with E-state index in [0.29, 0.717) is 30.9 Å². The average Bonchev–Trinajstić information content (AvgIpc) is 3.52. The van der Waals surface area contributed by atoms with Crippen molar-refractivity contribution in [2.24, 2.45) is 22.8 Å². The minimum Gasteiger partial charge on any atom is -0.384 e. The third-order valence-corrected chi connectivity index (χ3v) is 9.83. The summed E-state index contributed by atoms with van der Waals surface area (Å²) >= 11 is 0. The van der Waals surface area contributed by atoms with Crippen molar-refractivity contribution < 1.29 is 24.3 Å². The Morgan fingerprint density at radius 2 is 1.80 bits per heavy atom. The number of aliphatic hydroxyl groups is 1. The molecule has 1 aliphatic heterocycles. The number of carbonyl (C=O) groups excluding carboxylic acids is 4. The van der Waals surface area contributed by atoms with Gasteiger partial charge in [-0.1, -0.05) is 43.7 Å². The lowest BCUT2D eigenvalue weighted by Gasteiger charge is -2.60. The summed E-state index contributed by atoms with van der Waals surface area (Å²) in [4.78, 5) is 54.0. The number of carbonyl (C=O) groups is 4. The van der Waals surface area contributed by atoms with Crippen LogP contribution in [0.25, 0.3) is 0 Å². The zero-order valence-corrected chi connectivity index (χ0v) is 24.8. The Balaban J connectivity index is 0.00000387. The van der Waals surface area contributed by atoms with E-state index in [1.165, 1.54) is 17.5 Å². The number of amides is 3. The second-order valence-electron chi connectivity index (χ2n) is 13.3. The van der Waals surface area contributed by atoms with Crippen LogP contribution < -0.4 is 16.8 Å². The molecule has 3 saturated carbocycles. The van der Waals surface area contributed by atoms with E-state index >= 15 is 0 Å². The number of ketones is 1. The molecule has 6 N–H and O–H groups in total. The molecule has 1 aromatic heterocycles. The van der Waals surface area contributed by atoms with Crippen LogP contribution in [0.4, 0.5) is 0 Å². The fourth-order valence-electron chi connectivity index (χ4n) is 7.65. The van der Waals surface area contributed by atoms with Crippen molar-refractivity contribution in [3.63, 3.8) is 0 Å². The summed E-state index contributed by atoms with van der Waals surface area (Å²) in [7, 11) is 0. The van der Waals surface area contributed by atoms with E-state index in [1.54, 1.807) is 18.5 Å². The molecular formula is C28H44ClN7O5. The molecule has 12 nitrogen and oxygen atoms in total. The van der Waals surface area contributed by atoms with Gasteiger partial charge in [0.2, 0.25) is 17.6 Å². The largest absolute Gasteiger partial charge is 0.384 e. The third-order valence-electron chi connectivity index (χ3n) is 9.83. The molecule has 1 spiro atoms. The van der Waals surface area contributed by atoms with Crippen molar-refractivity contribution in [1.29, 1.82) is 0 Å². The lowest BCUT2D eigenvalue weighted by atomic mass is 9.47. The third kappa shape index (κ3) is 6.01. The van der Waals surface area contributed by atoms with Gasteiger partial charge in [-0.05, 0) is 57.3 Å². The predicted molar refractivity (Wildman–Crippen MR) is 151 cm³/mol. The smallest absolute Gasteiger partial charge is 0.287 e. The first-order valence-electron chi connectivity index (χ1n) is 14.7. The summed E-state index contributed by atoms with van der Waals surface area (Å²) in [6.07, 6.45) is 11.5. The predicted octanol–water partition coefficient (Wildman–Crippen LogP) is 1.24. The summed E-state index contributed by atoms with van der Waals surface area (Å²) in [5, 5.41) is 21.7. The van der Waals surface area contributed by atoms with Crippen LogP contribution in [-0.4, -0.2) is 72.7 Å². The molecule has 3 aliphatic carbocycles. The van der Waals surface area contributed by atoms with Gasteiger partial charge in [0.15, 0.2) is 0 Å². The van der Waals surface area contributed by atoms with Crippen molar-refractivity contribution in [3.8, 4) is 0 Å². The SMILES string of the molecule is CC(C)(O)c1cnnn1[C@H]1C[C@@H](C(=O)NC2(C(=O)C(N)=O)CC3(CCC3)C2)N(C(=O)C(N)CC2CCCCC2)C1.Cl. The molecule has 1 saturated heterocycles. The van der Waals surface area contributed by atoms with Crippen molar-refractivity contribution in [2.45, 2.75) is 120 Å². The second kappa shape index (κ2) is 11.6.